The summed E-state index contributed by atoms with van der Waals surface area (Å²) < 4.78 is 5.77. The molecule has 0 saturated heterocycles. The van der Waals surface area contributed by atoms with Crippen molar-refractivity contribution in [3.05, 3.63) is 45.8 Å². The fourth-order valence-corrected chi connectivity index (χ4v) is 5.25. The Morgan fingerprint density at radius 1 is 1.33 bits per heavy atom. The summed E-state index contributed by atoms with van der Waals surface area (Å²) in [6.45, 7) is 9.65. The van der Waals surface area contributed by atoms with Crippen LogP contribution in [0.3, 0.4) is 0 Å². The average Bonchev–Trinajstić information content (AvgIpc) is 3.07. The van der Waals surface area contributed by atoms with Crippen LogP contribution in [0.4, 0.5) is 5.00 Å². The van der Waals surface area contributed by atoms with Gasteiger partial charge in [-0.1, -0.05) is 46.6 Å². The van der Waals surface area contributed by atoms with Crippen LogP contribution >= 0.6 is 11.3 Å². The molecule has 1 aliphatic carbocycles. The van der Waals surface area contributed by atoms with Crippen molar-refractivity contribution in [1.29, 1.82) is 5.26 Å². The number of ether oxygens (including phenoxy) is 1. The van der Waals surface area contributed by atoms with E-state index in [1.54, 1.807) is 23.5 Å². The third-order valence-corrected chi connectivity index (χ3v) is 7.11. The van der Waals surface area contributed by atoms with Crippen molar-refractivity contribution >= 4 is 22.2 Å². The normalized spacial score (nSPS) is 15.9. The zero-order valence-electron chi connectivity index (χ0n) is 18.5. The Hall–Kier alpha value is -2.32. The van der Waals surface area contributed by atoms with Crippen LogP contribution in [-0.2, 0) is 12.8 Å². The van der Waals surface area contributed by atoms with E-state index in [1.807, 2.05) is 12.1 Å². The Morgan fingerprint density at radius 2 is 2.13 bits per heavy atom. The molecule has 0 radical (unpaired) electrons. The van der Waals surface area contributed by atoms with Crippen molar-refractivity contribution in [2.75, 3.05) is 11.9 Å². The van der Waals surface area contributed by atoms with Gasteiger partial charge in [0.1, 0.15) is 16.8 Å². The number of amides is 1. The highest BCUT2D eigenvalue weighted by atomic mass is 32.1. The smallest absolute Gasteiger partial charge is 0.256 e. The van der Waals surface area contributed by atoms with Crippen LogP contribution in [0.2, 0.25) is 0 Å². The molecule has 1 N–H and O–H groups in total. The fraction of sp³-hybridized carbons (Fsp3) is 0.520. The summed E-state index contributed by atoms with van der Waals surface area (Å²) in [5, 5.41) is 13.4. The molecule has 1 aromatic heterocycles. The van der Waals surface area contributed by atoms with E-state index in [0.717, 1.165) is 44.1 Å². The van der Waals surface area contributed by atoms with Gasteiger partial charge in [-0.25, -0.2) is 0 Å². The van der Waals surface area contributed by atoms with E-state index >= 15 is 0 Å². The molecule has 2 aromatic rings. The van der Waals surface area contributed by atoms with Gasteiger partial charge >= 0.3 is 0 Å². The second-order valence-corrected chi connectivity index (χ2v) is 10.3. The molecule has 5 heteroatoms. The molecule has 0 bridgehead atoms. The zero-order valence-corrected chi connectivity index (χ0v) is 19.3. The molecule has 1 amide bonds. The molecule has 0 fully saturated rings. The summed E-state index contributed by atoms with van der Waals surface area (Å²) in [6.07, 6.45) is 6.27. The van der Waals surface area contributed by atoms with Gasteiger partial charge in [0.15, 0.2) is 0 Å². The molecule has 1 unspecified atom stereocenters. The Labute approximate surface area is 184 Å². The Morgan fingerprint density at radius 3 is 2.83 bits per heavy atom. The first-order valence-electron chi connectivity index (χ1n) is 10.9. The lowest BCUT2D eigenvalue weighted by Gasteiger charge is -2.33. The lowest BCUT2D eigenvalue weighted by atomic mass is 9.72. The van der Waals surface area contributed by atoms with Gasteiger partial charge in [-0.15, -0.1) is 11.3 Å². The number of fused-ring (bicyclic) bond motifs is 1. The lowest BCUT2D eigenvalue weighted by Crippen LogP contribution is -2.26. The molecule has 0 spiro atoms. The quantitative estimate of drug-likeness (QED) is 0.510. The summed E-state index contributed by atoms with van der Waals surface area (Å²) in [5.41, 5.74) is 2.56. The van der Waals surface area contributed by atoms with E-state index in [4.69, 9.17) is 4.74 Å². The van der Waals surface area contributed by atoms with Gasteiger partial charge in [-0.05, 0) is 60.8 Å². The summed E-state index contributed by atoms with van der Waals surface area (Å²) >= 11 is 1.57. The topological polar surface area (TPSA) is 62.1 Å². The number of hydrogen-bond donors (Lipinski definition) is 1. The van der Waals surface area contributed by atoms with Gasteiger partial charge in [0.2, 0.25) is 0 Å². The van der Waals surface area contributed by atoms with E-state index in [0.29, 0.717) is 34.4 Å². The molecule has 0 aliphatic heterocycles. The number of thiophene rings is 1. The van der Waals surface area contributed by atoms with E-state index in [-0.39, 0.29) is 11.3 Å². The van der Waals surface area contributed by atoms with Crippen LogP contribution in [0.15, 0.2) is 24.3 Å². The van der Waals surface area contributed by atoms with E-state index in [1.165, 1.54) is 4.88 Å². The van der Waals surface area contributed by atoms with Crippen molar-refractivity contribution in [1.82, 2.24) is 0 Å². The summed E-state index contributed by atoms with van der Waals surface area (Å²) in [5.74, 6) is 1.11. The molecule has 1 atom stereocenters. The van der Waals surface area contributed by atoms with Crippen molar-refractivity contribution in [3.63, 3.8) is 0 Å². The molecule has 30 heavy (non-hydrogen) atoms. The van der Waals surface area contributed by atoms with Crippen LogP contribution in [0.1, 0.15) is 79.7 Å². The third kappa shape index (κ3) is 5.23. The predicted molar refractivity (Wildman–Crippen MR) is 123 cm³/mol. The number of nitrogens with one attached hydrogen (secondary N) is 1. The summed E-state index contributed by atoms with van der Waals surface area (Å²) in [6, 6.07) is 9.60. The number of nitrogens with zero attached hydrogens (tertiary/aromatic N) is 1. The Balaban J connectivity index is 1.73. The Bertz CT molecular complexity index is 934. The predicted octanol–water partition coefficient (Wildman–Crippen LogP) is 6.59. The fourth-order valence-electron chi connectivity index (χ4n) is 3.98. The molecule has 3 rings (SSSR count). The first-order chi connectivity index (χ1) is 14.3. The first kappa shape index (κ1) is 22.4. The van der Waals surface area contributed by atoms with E-state index in [2.05, 4.69) is 39.1 Å². The first-order valence-corrected chi connectivity index (χ1v) is 11.7. The number of hydrogen-bond acceptors (Lipinski definition) is 4. The van der Waals surface area contributed by atoms with Crippen LogP contribution in [0, 0.1) is 22.7 Å². The van der Waals surface area contributed by atoms with Gasteiger partial charge in [-0.2, -0.15) is 5.26 Å². The average molecular weight is 425 g/mol. The van der Waals surface area contributed by atoms with Gasteiger partial charge < -0.3 is 10.1 Å². The minimum atomic E-state index is -0.198. The molecule has 1 heterocycles. The van der Waals surface area contributed by atoms with Crippen molar-refractivity contribution in [2.45, 2.75) is 66.2 Å². The molecular formula is C25H32N2O2S. The Kier molecular flexibility index (Phi) is 7.20. The minimum Gasteiger partial charge on any atom is -0.494 e. The van der Waals surface area contributed by atoms with E-state index < -0.39 is 0 Å². The SMILES string of the molecule is CCCCCOc1cccc(C(=O)Nc2sc3c(c2C#N)CCC(C(C)(C)C)C3)c1. The molecule has 1 aliphatic rings. The van der Waals surface area contributed by atoms with Crippen LogP contribution in [0.5, 0.6) is 5.75 Å². The summed E-state index contributed by atoms with van der Waals surface area (Å²) in [4.78, 5) is 14.1. The van der Waals surface area contributed by atoms with Crippen molar-refractivity contribution in [3.8, 4) is 11.8 Å². The zero-order chi connectivity index (χ0) is 21.7. The maximum atomic E-state index is 12.9. The highest BCUT2D eigenvalue weighted by Gasteiger charge is 2.32. The molecule has 4 nitrogen and oxygen atoms in total. The van der Waals surface area contributed by atoms with Gasteiger partial charge in [0.05, 0.1) is 12.2 Å². The second-order valence-electron chi connectivity index (χ2n) is 9.16. The molecule has 0 saturated carbocycles. The number of nitriles is 1. The van der Waals surface area contributed by atoms with Gasteiger partial charge in [-0.3, -0.25) is 4.79 Å². The monoisotopic (exact) mass is 424 g/mol. The highest BCUT2D eigenvalue weighted by Crippen LogP contribution is 2.44. The maximum absolute atomic E-state index is 12.9. The summed E-state index contributed by atoms with van der Waals surface area (Å²) in [7, 11) is 0. The number of benzene rings is 1. The minimum absolute atomic E-state index is 0.198. The number of carbonyl (C=O) groups excluding carboxylic acids is 1. The van der Waals surface area contributed by atoms with Crippen LogP contribution < -0.4 is 10.1 Å². The largest absolute Gasteiger partial charge is 0.494 e. The number of anilines is 1. The van der Waals surface area contributed by atoms with E-state index in [9.17, 15) is 10.1 Å². The standard InChI is InChI=1S/C25H32N2O2S/c1-5-6-7-13-29-19-10-8-9-17(14-19)23(28)27-24-21(16-26)20-12-11-18(25(2,3)4)15-22(20)30-24/h8-10,14,18H,5-7,11-13,15H2,1-4H3,(H,27,28). The maximum Gasteiger partial charge on any atom is 0.256 e. The third-order valence-electron chi connectivity index (χ3n) is 5.94. The second kappa shape index (κ2) is 9.66. The number of unbranched alkanes of at least 4 members (excludes halogenated alkanes) is 2. The van der Waals surface area contributed by atoms with Gasteiger partial charge in [0.25, 0.3) is 5.91 Å². The van der Waals surface area contributed by atoms with Gasteiger partial charge in [0, 0.05) is 10.4 Å². The van der Waals surface area contributed by atoms with Crippen LogP contribution in [-0.4, -0.2) is 12.5 Å². The number of rotatable bonds is 7. The van der Waals surface area contributed by atoms with Crippen molar-refractivity contribution in [2.24, 2.45) is 11.3 Å². The lowest BCUT2D eigenvalue weighted by molar-refractivity contribution is 0.102. The number of carbonyl (C=O) groups is 1. The van der Waals surface area contributed by atoms with Crippen molar-refractivity contribution < 1.29 is 9.53 Å². The molecular weight excluding hydrogens is 392 g/mol. The molecule has 160 valence electrons. The highest BCUT2D eigenvalue weighted by molar-refractivity contribution is 7.16. The van der Waals surface area contributed by atoms with Crippen LogP contribution in [0.25, 0.3) is 0 Å². The molecule has 1 aromatic carbocycles.